The van der Waals surface area contributed by atoms with Crippen LogP contribution in [0.25, 0.3) is 17.0 Å². The summed E-state index contributed by atoms with van der Waals surface area (Å²) in [7, 11) is 0. The number of nitrogens with zero attached hydrogens (tertiary/aromatic N) is 5. The number of fused-ring (bicyclic) bond motifs is 1. The van der Waals surface area contributed by atoms with Gasteiger partial charge >= 0.3 is 0 Å². The van der Waals surface area contributed by atoms with Gasteiger partial charge in [0, 0.05) is 36.1 Å². The molecule has 9 heteroatoms. The maximum atomic E-state index is 6.48. The lowest BCUT2D eigenvalue weighted by atomic mass is 9.91. The van der Waals surface area contributed by atoms with E-state index in [1.165, 1.54) is 5.56 Å². The third-order valence-electron chi connectivity index (χ3n) is 7.50. The van der Waals surface area contributed by atoms with Crippen molar-refractivity contribution >= 4 is 11.9 Å². The van der Waals surface area contributed by atoms with Gasteiger partial charge in [-0.1, -0.05) is 5.16 Å². The fourth-order valence-corrected chi connectivity index (χ4v) is 5.54. The zero-order chi connectivity index (χ0) is 23.4. The van der Waals surface area contributed by atoms with Crippen molar-refractivity contribution in [1.29, 1.82) is 0 Å². The van der Waals surface area contributed by atoms with Crippen molar-refractivity contribution < 1.29 is 4.52 Å². The number of nitrogens with one attached hydrogen (secondary N) is 2. The maximum Gasteiger partial charge on any atom is 0.165 e. The summed E-state index contributed by atoms with van der Waals surface area (Å²) in [6, 6.07) is 0.222. The van der Waals surface area contributed by atoms with Gasteiger partial charge in [0.25, 0.3) is 0 Å². The topological polar surface area (TPSA) is 117 Å². The molecule has 2 aromatic heterocycles. The van der Waals surface area contributed by atoms with Gasteiger partial charge in [0.1, 0.15) is 11.5 Å². The van der Waals surface area contributed by atoms with Crippen LogP contribution in [0.3, 0.4) is 0 Å². The first-order valence-electron chi connectivity index (χ1n) is 12.3. The van der Waals surface area contributed by atoms with E-state index in [9.17, 15) is 0 Å². The Hall–Kier alpha value is -3.20. The zero-order valence-electron chi connectivity index (χ0n) is 20.0. The van der Waals surface area contributed by atoms with Crippen molar-refractivity contribution in [2.45, 2.75) is 70.0 Å². The highest BCUT2D eigenvalue weighted by molar-refractivity contribution is 5.91. The molecule has 0 bridgehead atoms. The quantitative estimate of drug-likeness (QED) is 0.623. The lowest BCUT2D eigenvalue weighted by molar-refractivity contribution is 0.186. The second-order valence-corrected chi connectivity index (χ2v) is 10.2. The minimum atomic E-state index is -0.603. The van der Waals surface area contributed by atoms with E-state index >= 15 is 0 Å². The van der Waals surface area contributed by atoms with Gasteiger partial charge in [0.2, 0.25) is 0 Å². The fourth-order valence-electron chi connectivity index (χ4n) is 5.54. The molecule has 1 atom stereocenters. The largest absolute Gasteiger partial charge is 0.385 e. The molecule has 0 spiro atoms. The van der Waals surface area contributed by atoms with Crippen LogP contribution in [0.2, 0.25) is 0 Å². The number of hydrogen-bond acceptors (Lipinski definition) is 9. The van der Waals surface area contributed by atoms with Crippen LogP contribution in [-0.4, -0.2) is 51.2 Å². The summed E-state index contributed by atoms with van der Waals surface area (Å²) < 4.78 is 5.96. The predicted octanol–water partition coefficient (Wildman–Crippen LogP) is 3.06. The molecule has 5 heterocycles. The minimum absolute atomic E-state index is 0.222. The molecule has 6 rings (SSSR count). The number of piperidine rings is 1. The smallest absolute Gasteiger partial charge is 0.165 e. The van der Waals surface area contributed by atoms with Gasteiger partial charge in [-0.2, -0.15) is 0 Å². The van der Waals surface area contributed by atoms with E-state index in [2.05, 4.69) is 47.7 Å². The molecular weight excluding hydrogens is 428 g/mol. The second-order valence-electron chi connectivity index (χ2n) is 10.2. The molecule has 2 fully saturated rings. The van der Waals surface area contributed by atoms with E-state index < -0.39 is 5.66 Å². The molecule has 1 saturated carbocycles. The predicted molar refractivity (Wildman–Crippen MR) is 131 cm³/mol. The Morgan fingerprint density at radius 3 is 2.53 bits per heavy atom. The van der Waals surface area contributed by atoms with Gasteiger partial charge in [-0.15, -0.1) is 0 Å². The monoisotopic (exact) mass is 460 g/mol. The van der Waals surface area contributed by atoms with Gasteiger partial charge < -0.3 is 25.8 Å². The van der Waals surface area contributed by atoms with Gasteiger partial charge in [0.15, 0.2) is 17.2 Å². The Bertz CT molecular complexity index is 1180. The van der Waals surface area contributed by atoms with E-state index in [0.29, 0.717) is 23.5 Å². The van der Waals surface area contributed by atoms with Crippen LogP contribution in [-0.2, 0) is 0 Å². The number of aromatic nitrogens is 3. The van der Waals surface area contributed by atoms with Crippen LogP contribution in [0, 0.1) is 0 Å². The Labute approximate surface area is 199 Å². The van der Waals surface area contributed by atoms with E-state index in [0.717, 1.165) is 66.9 Å². The molecule has 3 aliphatic heterocycles. The number of hydrogen-bond donors (Lipinski definition) is 3. The Morgan fingerprint density at radius 2 is 1.85 bits per heavy atom. The Morgan fingerprint density at radius 1 is 1.12 bits per heavy atom. The first-order chi connectivity index (χ1) is 16.5. The van der Waals surface area contributed by atoms with Gasteiger partial charge in [0.05, 0.1) is 17.5 Å². The van der Waals surface area contributed by atoms with Crippen LogP contribution in [0.15, 0.2) is 39.5 Å². The van der Waals surface area contributed by atoms with Crippen LogP contribution >= 0.6 is 0 Å². The van der Waals surface area contributed by atoms with Crippen molar-refractivity contribution in [2.75, 3.05) is 13.1 Å². The highest BCUT2D eigenvalue weighted by atomic mass is 16.5. The van der Waals surface area contributed by atoms with Crippen molar-refractivity contribution in [1.82, 2.24) is 30.7 Å². The van der Waals surface area contributed by atoms with Crippen molar-refractivity contribution in [3.05, 3.63) is 47.0 Å². The van der Waals surface area contributed by atoms with Crippen molar-refractivity contribution in [3.63, 3.8) is 0 Å². The normalized spacial score (nSPS) is 25.1. The molecule has 0 aromatic carbocycles. The molecule has 1 saturated heterocycles. The number of rotatable bonds is 5. The summed E-state index contributed by atoms with van der Waals surface area (Å²) in [5, 5.41) is 11.1. The lowest BCUT2D eigenvalue weighted by Gasteiger charge is -2.38. The van der Waals surface area contributed by atoms with Gasteiger partial charge in [-0.05, 0) is 71.0 Å². The summed E-state index contributed by atoms with van der Waals surface area (Å²) in [6.45, 7) is 8.47. The lowest BCUT2D eigenvalue weighted by Crippen LogP contribution is -2.47. The Balaban J connectivity index is 1.45. The molecule has 0 radical (unpaired) electrons. The first-order valence-corrected chi connectivity index (χ1v) is 12.3. The maximum absolute atomic E-state index is 6.48. The van der Waals surface area contributed by atoms with E-state index in [-0.39, 0.29) is 6.04 Å². The van der Waals surface area contributed by atoms with Crippen LogP contribution in [0.1, 0.15) is 75.3 Å². The third-order valence-corrected chi connectivity index (χ3v) is 7.50. The molecule has 178 valence electrons. The molecule has 1 unspecified atom stereocenters. The molecule has 4 aliphatic rings. The summed E-state index contributed by atoms with van der Waals surface area (Å²) in [5.41, 5.74) is 10.5. The molecule has 1 aliphatic carbocycles. The first kappa shape index (κ1) is 21.3. The highest BCUT2D eigenvalue weighted by Crippen LogP contribution is 2.51. The summed E-state index contributed by atoms with van der Waals surface area (Å²) in [5.74, 6) is 2.99. The minimum Gasteiger partial charge on any atom is -0.385 e. The van der Waals surface area contributed by atoms with Crippen LogP contribution in [0.4, 0.5) is 0 Å². The summed E-state index contributed by atoms with van der Waals surface area (Å²) in [4.78, 5) is 16.7. The fraction of sp³-hybridized carbons (Fsp3) is 0.520. The van der Waals surface area contributed by atoms with Gasteiger partial charge in [-0.25, -0.2) is 15.0 Å². The molecular formula is C25H32N8O. The molecule has 2 aromatic rings. The SMILES string of the molecule is CC(C)N1C=C(c2noc(C3CC3)c2-c2ncc(C3CCNCC3)cn2)C2=C(N)NC=NC21C. The average Bonchev–Trinajstić information content (AvgIpc) is 3.50. The number of aliphatic imine (C=N–C) groups is 1. The second kappa shape index (κ2) is 7.94. The molecule has 4 N–H and O–H groups in total. The summed E-state index contributed by atoms with van der Waals surface area (Å²) in [6.07, 6.45) is 12.2. The third kappa shape index (κ3) is 3.33. The molecule has 0 amide bonds. The Kier molecular flexibility index (Phi) is 4.98. The molecule has 34 heavy (non-hydrogen) atoms. The van der Waals surface area contributed by atoms with E-state index in [4.69, 9.17) is 25.2 Å². The van der Waals surface area contributed by atoms with Crippen molar-refractivity contribution in [3.8, 4) is 11.4 Å². The molecule has 9 nitrogen and oxygen atoms in total. The van der Waals surface area contributed by atoms with Crippen LogP contribution in [0.5, 0.6) is 0 Å². The van der Waals surface area contributed by atoms with Gasteiger partial charge in [-0.3, -0.25) is 0 Å². The van der Waals surface area contributed by atoms with E-state index in [1.54, 1.807) is 6.34 Å². The standard InChI is InChI=1S/C25H32N8O/c1-14(2)33-12-18(20-23(26)30-13-31-25(20,33)3)21-19(22(34-32-21)16-4-5-16)24-28-10-17(11-29-24)15-6-8-27-9-7-15/h10-16,27H,4-9,26H2,1-3H3,(H,30,31). The number of nitrogens with two attached hydrogens (primary N) is 1. The summed E-state index contributed by atoms with van der Waals surface area (Å²) >= 11 is 0. The van der Waals surface area contributed by atoms with Crippen LogP contribution < -0.4 is 16.4 Å². The zero-order valence-corrected chi connectivity index (χ0v) is 20.0. The van der Waals surface area contributed by atoms with Crippen molar-refractivity contribution in [2.24, 2.45) is 10.7 Å². The highest BCUT2D eigenvalue weighted by Gasteiger charge is 2.48. The van der Waals surface area contributed by atoms with E-state index in [1.807, 2.05) is 12.4 Å². The average molecular weight is 461 g/mol.